The smallest absolute Gasteiger partial charge is 0.126 e. The average Bonchev–Trinajstić information content (AvgIpc) is 2.28. The molecule has 0 radical (unpaired) electrons. The van der Waals surface area contributed by atoms with Crippen molar-refractivity contribution in [1.82, 2.24) is 0 Å². The molecule has 0 aliphatic carbocycles. The maximum Gasteiger partial charge on any atom is 0.126 e. The van der Waals surface area contributed by atoms with Gasteiger partial charge in [0.05, 0.1) is 6.10 Å². The van der Waals surface area contributed by atoms with Gasteiger partial charge in [0.25, 0.3) is 0 Å². The monoisotopic (exact) mass is 253 g/mol. The third kappa shape index (κ3) is 3.22. The first-order valence-electron chi connectivity index (χ1n) is 6.63. The first kappa shape index (κ1) is 15.0. The molecule has 2 nitrogen and oxygen atoms in total. The summed E-state index contributed by atoms with van der Waals surface area (Å²) in [5.41, 5.74) is 2.23. The van der Waals surface area contributed by atoms with Crippen LogP contribution in [0.1, 0.15) is 51.3 Å². The van der Waals surface area contributed by atoms with Crippen molar-refractivity contribution >= 4 is 5.69 Å². The molecule has 1 atom stereocenters. The van der Waals surface area contributed by atoms with E-state index in [1.807, 2.05) is 6.07 Å². The fraction of sp³-hybridized carbons (Fsp3) is 0.600. The zero-order chi connectivity index (χ0) is 13.9. The van der Waals surface area contributed by atoms with Gasteiger partial charge >= 0.3 is 0 Å². The predicted molar refractivity (Wildman–Crippen MR) is 74.5 cm³/mol. The maximum absolute atomic E-state index is 13.6. The summed E-state index contributed by atoms with van der Waals surface area (Å²) in [6.07, 6.45) is 0.363. The Kier molecular flexibility index (Phi) is 5.15. The quantitative estimate of drug-likeness (QED) is 0.862. The number of aliphatic hydroxyl groups excluding tert-OH is 1. The van der Waals surface area contributed by atoms with Gasteiger partial charge in [0.15, 0.2) is 0 Å². The van der Waals surface area contributed by atoms with E-state index in [9.17, 15) is 9.50 Å². The van der Waals surface area contributed by atoms with Crippen molar-refractivity contribution in [2.45, 2.75) is 53.2 Å². The molecule has 0 aliphatic heterocycles. The molecule has 0 saturated carbocycles. The number of hydrogen-bond acceptors (Lipinski definition) is 2. The van der Waals surface area contributed by atoms with E-state index in [0.29, 0.717) is 17.2 Å². The minimum atomic E-state index is -0.659. The topological polar surface area (TPSA) is 23.5 Å². The van der Waals surface area contributed by atoms with Crippen LogP contribution in [-0.2, 0) is 0 Å². The third-order valence-electron chi connectivity index (χ3n) is 3.16. The van der Waals surface area contributed by atoms with Crippen molar-refractivity contribution in [2.24, 2.45) is 0 Å². The van der Waals surface area contributed by atoms with Crippen molar-refractivity contribution < 1.29 is 9.50 Å². The molecule has 0 aliphatic rings. The number of nitrogens with zero attached hydrogens (tertiary/aromatic N) is 1. The van der Waals surface area contributed by atoms with Crippen LogP contribution < -0.4 is 4.90 Å². The highest BCUT2D eigenvalue weighted by atomic mass is 19.1. The Bertz CT molecular complexity index is 402. The molecule has 0 spiro atoms. The van der Waals surface area contributed by atoms with Gasteiger partial charge in [0, 0.05) is 23.8 Å². The summed E-state index contributed by atoms with van der Waals surface area (Å²) in [5.74, 6) is -0.255. The molecular weight excluding hydrogens is 229 g/mol. The van der Waals surface area contributed by atoms with Crippen LogP contribution >= 0.6 is 0 Å². The molecule has 0 amide bonds. The second kappa shape index (κ2) is 6.19. The number of rotatable bonds is 5. The van der Waals surface area contributed by atoms with Crippen LogP contribution in [0.2, 0.25) is 0 Å². The Morgan fingerprint density at radius 1 is 1.28 bits per heavy atom. The molecular formula is C15H24FNO. The summed E-state index contributed by atoms with van der Waals surface area (Å²) in [5, 5.41) is 9.83. The predicted octanol–water partition coefficient (Wildman–Crippen LogP) is 3.81. The lowest BCUT2D eigenvalue weighted by atomic mass is 10.0. The van der Waals surface area contributed by atoms with Gasteiger partial charge in [-0.2, -0.15) is 0 Å². The molecule has 0 unspecified atom stereocenters. The van der Waals surface area contributed by atoms with Crippen molar-refractivity contribution in [1.29, 1.82) is 0 Å². The van der Waals surface area contributed by atoms with Gasteiger partial charge in [-0.1, -0.05) is 6.92 Å². The van der Waals surface area contributed by atoms with E-state index in [1.165, 1.54) is 6.07 Å². The molecule has 0 fully saturated rings. The minimum absolute atomic E-state index is 0.255. The van der Waals surface area contributed by atoms with Crippen LogP contribution in [-0.4, -0.2) is 17.7 Å². The molecule has 0 aromatic heterocycles. The van der Waals surface area contributed by atoms with Gasteiger partial charge in [-0.25, -0.2) is 4.39 Å². The first-order chi connectivity index (χ1) is 8.38. The molecule has 0 heterocycles. The van der Waals surface area contributed by atoms with Gasteiger partial charge in [-0.15, -0.1) is 0 Å². The molecule has 102 valence electrons. The molecule has 1 rings (SSSR count). The molecule has 0 saturated heterocycles. The Morgan fingerprint density at radius 2 is 1.89 bits per heavy atom. The van der Waals surface area contributed by atoms with Gasteiger partial charge in [0.2, 0.25) is 0 Å². The molecule has 1 N–H and O–H groups in total. The lowest BCUT2D eigenvalue weighted by Gasteiger charge is -2.31. The number of aliphatic hydroxyl groups is 1. The number of aryl methyl sites for hydroxylation is 1. The van der Waals surface area contributed by atoms with E-state index in [1.54, 1.807) is 13.8 Å². The van der Waals surface area contributed by atoms with E-state index >= 15 is 0 Å². The van der Waals surface area contributed by atoms with Crippen molar-refractivity contribution in [3.63, 3.8) is 0 Å². The van der Waals surface area contributed by atoms with E-state index < -0.39 is 6.10 Å². The summed E-state index contributed by atoms with van der Waals surface area (Å²) in [6.45, 7) is 10.7. The highest BCUT2D eigenvalue weighted by molar-refractivity contribution is 5.57. The van der Waals surface area contributed by atoms with Gasteiger partial charge < -0.3 is 10.0 Å². The number of halogens is 1. The lowest BCUT2D eigenvalue weighted by molar-refractivity contribution is 0.199. The SMILES string of the molecule is CCCN(c1cc(C)c(F)cc1[C@H](C)O)C(C)C. The van der Waals surface area contributed by atoms with Crippen LogP contribution in [0.4, 0.5) is 10.1 Å². The van der Waals surface area contributed by atoms with Crippen LogP contribution in [0, 0.1) is 12.7 Å². The molecule has 3 heteroatoms. The lowest BCUT2D eigenvalue weighted by Crippen LogP contribution is -2.32. The van der Waals surface area contributed by atoms with Gasteiger partial charge in [-0.3, -0.25) is 0 Å². The van der Waals surface area contributed by atoms with Crippen LogP contribution in [0.5, 0.6) is 0 Å². The Balaban J connectivity index is 3.30. The summed E-state index contributed by atoms with van der Waals surface area (Å²) >= 11 is 0. The van der Waals surface area contributed by atoms with Crippen LogP contribution in [0.15, 0.2) is 12.1 Å². The fourth-order valence-electron chi connectivity index (χ4n) is 2.16. The Labute approximate surface area is 109 Å². The molecule has 0 bridgehead atoms. The first-order valence-corrected chi connectivity index (χ1v) is 6.63. The van der Waals surface area contributed by atoms with E-state index in [2.05, 4.69) is 25.7 Å². The maximum atomic E-state index is 13.6. The number of hydrogen-bond donors (Lipinski definition) is 1. The zero-order valence-corrected chi connectivity index (χ0v) is 12.0. The average molecular weight is 253 g/mol. The van der Waals surface area contributed by atoms with Crippen molar-refractivity contribution in [2.75, 3.05) is 11.4 Å². The molecule has 18 heavy (non-hydrogen) atoms. The van der Waals surface area contributed by atoms with E-state index in [4.69, 9.17) is 0 Å². The fourth-order valence-corrected chi connectivity index (χ4v) is 2.16. The highest BCUT2D eigenvalue weighted by Gasteiger charge is 2.18. The third-order valence-corrected chi connectivity index (χ3v) is 3.16. The number of anilines is 1. The second-order valence-electron chi connectivity index (χ2n) is 5.12. The van der Waals surface area contributed by atoms with Crippen molar-refractivity contribution in [3.8, 4) is 0 Å². The highest BCUT2D eigenvalue weighted by Crippen LogP contribution is 2.30. The minimum Gasteiger partial charge on any atom is -0.389 e. The standard InChI is InChI=1S/C15H24FNO/c1-6-7-17(10(2)3)15-8-11(4)14(16)9-13(15)12(5)18/h8-10,12,18H,6-7H2,1-5H3/t12-/m0/s1. The summed E-state index contributed by atoms with van der Waals surface area (Å²) in [7, 11) is 0. The van der Waals surface area contributed by atoms with E-state index in [0.717, 1.165) is 18.7 Å². The summed E-state index contributed by atoms with van der Waals surface area (Å²) in [6, 6.07) is 3.63. The summed E-state index contributed by atoms with van der Waals surface area (Å²) < 4.78 is 13.6. The molecule has 1 aromatic carbocycles. The Morgan fingerprint density at radius 3 is 2.33 bits per heavy atom. The zero-order valence-electron chi connectivity index (χ0n) is 12.0. The normalized spacial score (nSPS) is 12.9. The Hall–Kier alpha value is -1.09. The van der Waals surface area contributed by atoms with Gasteiger partial charge in [0.1, 0.15) is 5.82 Å². The van der Waals surface area contributed by atoms with Crippen molar-refractivity contribution in [3.05, 3.63) is 29.1 Å². The number of benzene rings is 1. The second-order valence-corrected chi connectivity index (χ2v) is 5.12. The van der Waals surface area contributed by atoms with Crippen LogP contribution in [0.3, 0.4) is 0 Å². The summed E-state index contributed by atoms with van der Waals surface area (Å²) in [4.78, 5) is 2.22. The van der Waals surface area contributed by atoms with Crippen LogP contribution in [0.25, 0.3) is 0 Å². The van der Waals surface area contributed by atoms with Gasteiger partial charge in [-0.05, 0) is 51.8 Å². The molecule has 1 aromatic rings. The largest absolute Gasteiger partial charge is 0.389 e. The van der Waals surface area contributed by atoms with E-state index in [-0.39, 0.29) is 5.82 Å².